The third-order valence-electron chi connectivity index (χ3n) is 4.30. The van der Waals surface area contributed by atoms with Crippen molar-refractivity contribution in [3.8, 4) is 0 Å². The average molecular weight is 307 g/mol. The fourth-order valence-electron chi connectivity index (χ4n) is 3.05. The van der Waals surface area contributed by atoms with E-state index in [9.17, 15) is 9.90 Å². The van der Waals surface area contributed by atoms with Gasteiger partial charge in [0.05, 0.1) is 18.1 Å². The molecule has 0 unspecified atom stereocenters. The Labute approximate surface area is 136 Å². The first-order valence-corrected chi connectivity index (χ1v) is 7.92. The van der Waals surface area contributed by atoms with E-state index in [1.807, 2.05) is 77.7 Å². The lowest BCUT2D eigenvalue weighted by atomic mass is 9.82. The number of carbonyl (C=O) groups excluding carboxylic acids is 1. The minimum absolute atomic E-state index is 0.0200. The summed E-state index contributed by atoms with van der Waals surface area (Å²) in [4.78, 5) is 14.2. The van der Waals surface area contributed by atoms with Crippen LogP contribution in [0.25, 0.3) is 6.08 Å². The summed E-state index contributed by atoms with van der Waals surface area (Å²) < 4.78 is 0. The van der Waals surface area contributed by atoms with E-state index < -0.39 is 6.10 Å². The Bertz CT molecular complexity index is 679. The predicted molar refractivity (Wildman–Crippen MR) is 91.4 cm³/mol. The molecule has 1 saturated heterocycles. The fourth-order valence-corrected chi connectivity index (χ4v) is 3.05. The minimum atomic E-state index is -0.639. The molecule has 1 N–H and O–H groups in total. The Morgan fingerprint density at radius 2 is 1.70 bits per heavy atom. The first kappa shape index (κ1) is 15.5. The Morgan fingerprint density at radius 3 is 2.30 bits per heavy atom. The number of carbonyl (C=O) groups is 1. The Kier molecular flexibility index (Phi) is 4.58. The summed E-state index contributed by atoms with van der Waals surface area (Å²) in [5.41, 5.74) is 2.19. The van der Waals surface area contributed by atoms with Crippen molar-refractivity contribution >= 4 is 12.0 Å². The maximum absolute atomic E-state index is 12.4. The zero-order valence-electron chi connectivity index (χ0n) is 13.2. The van der Waals surface area contributed by atoms with Crippen LogP contribution >= 0.6 is 0 Å². The van der Waals surface area contributed by atoms with E-state index in [2.05, 4.69) is 0 Å². The number of likely N-dealkylation sites (tertiary alicyclic amines) is 1. The van der Waals surface area contributed by atoms with Crippen molar-refractivity contribution in [2.75, 3.05) is 0 Å². The van der Waals surface area contributed by atoms with Gasteiger partial charge in [0.1, 0.15) is 0 Å². The van der Waals surface area contributed by atoms with Crippen LogP contribution in [0.5, 0.6) is 0 Å². The molecule has 0 saturated carbocycles. The van der Waals surface area contributed by atoms with Crippen molar-refractivity contribution in [3.05, 3.63) is 77.9 Å². The smallest absolute Gasteiger partial charge is 0.231 e. The van der Waals surface area contributed by atoms with E-state index in [-0.39, 0.29) is 17.9 Å². The van der Waals surface area contributed by atoms with E-state index in [0.717, 1.165) is 11.1 Å². The van der Waals surface area contributed by atoms with Gasteiger partial charge in [-0.3, -0.25) is 4.79 Å². The third kappa shape index (κ3) is 3.35. The second-order valence-electron chi connectivity index (χ2n) is 5.98. The van der Waals surface area contributed by atoms with E-state index >= 15 is 0 Å². The Balaban J connectivity index is 1.78. The number of hydrogen-bond acceptors (Lipinski definition) is 2. The standard InChI is InChI=1S/C20H21NO2/c1-15(22)19-18(13-12-16-8-4-2-5-9-16)21(20(19)23)14-17-10-6-3-7-11-17/h2-13,15,18-19,22H,14H2,1H3/b13-12+/t15-,18-,19+/m0/s1. The average Bonchev–Trinajstić information content (AvgIpc) is 2.57. The van der Waals surface area contributed by atoms with Crippen LogP contribution < -0.4 is 0 Å². The van der Waals surface area contributed by atoms with Crippen LogP contribution in [0.15, 0.2) is 66.7 Å². The van der Waals surface area contributed by atoms with Gasteiger partial charge in [-0.2, -0.15) is 0 Å². The van der Waals surface area contributed by atoms with Crippen molar-refractivity contribution in [3.63, 3.8) is 0 Å². The van der Waals surface area contributed by atoms with Gasteiger partial charge < -0.3 is 10.0 Å². The van der Waals surface area contributed by atoms with Gasteiger partial charge in [-0.25, -0.2) is 0 Å². The van der Waals surface area contributed by atoms with E-state index in [0.29, 0.717) is 6.54 Å². The predicted octanol–water partition coefficient (Wildman–Crippen LogP) is 3.11. The molecule has 1 amide bonds. The summed E-state index contributed by atoms with van der Waals surface area (Å²) in [6.07, 6.45) is 3.40. The van der Waals surface area contributed by atoms with Gasteiger partial charge in [-0.05, 0) is 18.1 Å². The van der Waals surface area contributed by atoms with E-state index in [4.69, 9.17) is 0 Å². The Morgan fingerprint density at radius 1 is 1.09 bits per heavy atom. The maximum atomic E-state index is 12.4. The van der Waals surface area contributed by atoms with Crippen molar-refractivity contribution < 1.29 is 9.90 Å². The molecule has 1 aliphatic rings. The second kappa shape index (κ2) is 6.80. The first-order valence-electron chi connectivity index (χ1n) is 7.92. The lowest BCUT2D eigenvalue weighted by molar-refractivity contribution is -0.161. The highest BCUT2D eigenvalue weighted by Gasteiger charge is 2.47. The number of hydrogen-bond donors (Lipinski definition) is 1. The normalized spacial score (nSPS) is 22.2. The summed E-state index contributed by atoms with van der Waals surface area (Å²) >= 11 is 0. The van der Waals surface area contributed by atoms with Crippen molar-refractivity contribution in [1.29, 1.82) is 0 Å². The summed E-state index contributed by atoms with van der Waals surface area (Å²) in [5, 5.41) is 9.91. The highest BCUT2D eigenvalue weighted by Crippen LogP contribution is 2.32. The molecular formula is C20H21NO2. The molecule has 0 radical (unpaired) electrons. The van der Waals surface area contributed by atoms with Crippen LogP contribution in [0.4, 0.5) is 0 Å². The number of aliphatic hydroxyl groups excluding tert-OH is 1. The van der Waals surface area contributed by atoms with Gasteiger partial charge in [0, 0.05) is 6.54 Å². The summed E-state index contributed by atoms with van der Waals surface area (Å²) in [6, 6.07) is 19.9. The molecule has 3 heteroatoms. The molecule has 3 nitrogen and oxygen atoms in total. The van der Waals surface area contributed by atoms with Gasteiger partial charge in [0.15, 0.2) is 0 Å². The summed E-state index contributed by atoms with van der Waals surface area (Å²) in [6.45, 7) is 2.26. The SMILES string of the molecule is C[C@H](O)[C@H]1C(=O)N(Cc2ccccc2)[C@H]1/C=C/c1ccccc1. The lowest BCUT2D eigenvalue weighted by Gasteiger charge is -2.47. The highest BCUT2D eigenvalue weighted by atomic mass is 16.3. The van der Waals surface area contributed by atoms with E-state index in [1.165, 1.54) is 0 Å². The monoisotopic (exact) mass is 307 g/mol. The first-order chi connectivity index (χ1) is 11.2. The van der Waals surface area contributed by atoms with Crippen LogP contribution in [-0.2, 0) is 11.3 Å². The molecule has 2 aromatic carbocycles. The maximum Gasteiger partial charge on any atom is 0.231 e. The molecule has 3 atom stereocenters. The van der Waals surface area contributed by atoms with Gasteiger partial charge in [0.25, 0.3) is 0 Å². The van der Waals surface area contributed by atoms with Crippen LogP contribution in [0.2, 0.25) is 0 Å². The van der Waals surface area contributed by atoms with Crippen LogP contribution in [0.1, 0.15) is 18.1 Å². The van der Waals surface area contributed by atoms with Crippen LogP contribution in [0, 0.1) is 5.92 Å². The zero-order valence-corrected chi connectivity index (χ0v) is 13.2. The number of nitrogens with zero attached hydrogens (tertiary/aromatic N) is 1. The van der Waals surface area contributed by atoms with Crippen molar-refractivity contribution in [2.45, 2.75) is 25.6 Å². The molecule has 1 aliphatic heterocycles. The molecule has 1 heterocycles. The molecule has 3 rings (SSSR count). The minimum Gasteiger partial charge on any atom is -0.392 e. The zero-order chi connectivity index (χ0) is 16.2. The van der Waals surface area contributed by atoms with Gasteiger partial charge in [-0.1, -0.05) is 72.8 Å². The molecule has 0 bridgehead atoms. The quantitative estimate of drug-likeness (QED) is 0.862. The fraction of sp³-hybridized carbons (Fsp3) is 0.250. The molecule has 0 aromatic heterocycles. The van der Waals surface area contributed by atoms with Gasteiger partial charge in [0.2, 0.25) is 5.91 Å². The molecular weight excluding hydrogens is 286 g/mol. The molecule has 2 aromatic rings. The number of aliphatic hydroxyl groups is 1. The van der Waals surface area contributed by atoms with Gasteiger partial charge in [-0.15, -0.1) is 0 Å². The lowest BCUT2D eigenvalue weighted by Crippen LogP contribution is -2.62. The van der Waals surface area contributed by atoms with Crippen LogP contribution in [-0.4, -0.2) is 28.1 Å². The van der Waals surface area contributed by atoms with Crippen LogP contribution in [0.3, 0.4) is 0 Å². The summed E-state index contributed by atoms with van der Waals surface area (Å²) in [7, 11) is 0. The highest BCUT2D eigenvalue weighted by molar-refractivity contribution is 5.87. The topological polar surface area (TPSA) is 40.5 Å². The molecule has 118 valence electrons. The molecule has 0 aliphatic carbocycles. The second-order valence-corrected chi connectivity index (χ2v) is 5.98. The molecule has 0 spiro atoms. The molecule has 23 heavy (non-hydrogen) atoms. The van der Waals surface area contributed by atoms with Crippen molar-refractivity contribution in [1.82, 2.24) is 4.90 Å². The number of amides is 1. The van der Waals surface area contributed by atoms with E-state index in [1.54, 1.807) is 6.92 Å². The van der Waals surface area contributed by atoms with Crippen molar-refractivity contribution in [2.24, 2.45) is 5.92 Å². The summed E-state index contributed by atoms with van der Waals surface area (Å²) in [5.74, 6) is -0.328. The third-order valence-corrected chi connectivity index (χ3v) is 4.30. The number of β-lactam (4-membered cyclic amide) rings is 1. The van der Waals surface area contributed by atoms with Gasteiger partial charge >= 0.3 is 0 Å². The number of rotatable bonds is 5. The number of benzene rings is 2. The largest absolute Gasteiger partial charge is 0.392 e. The molecule has 1 fully saturated rings. The Hall–Kier alpha value is -2.39.